The van der Waals surface area contributed by atoms with E-state index in [1.807, 2.05) is 24.9 Å². The lowest BCUT2D eigenvalue weighted by Gasteiger charge is -2.15. The van der Waals surface area contributed by atoms with E-state index in [4.69, 9.17) is 0 Å². The lowest BCUT2D eigenvalue weighted by Crippen LogP contribution is -2.25. The Bertz CT molecular complexity index is 336. The van der Waals surface area contributed by atoms with E-state index in [9.17, 15) is 4.79 Å². The van der Waals surface area contributed by atoms with E-state index in [2.05, 4.69) is 14.6 Å². The maximum Gasteiger partial charge on any atom is 0.306 e. The summed E-state index contributed by atoms with van der Waals surface area (Å²) in [6.45, 7) is 1.61. The van der Waals surface area contributed by atoms with E-state index >= 15 is 0 Å². The molecule has 0 fully saturated rings. The number of rotatable bonds is 6. The first-order valence-corrected chi connectivity index (χ1v) is 5.35. The normalized spacial score (nSPS) is 10.8. The summed E-state index contributed by atoms with van der Waals surface area (Å²) in [5.41, 5.74) is 0. The van der Waals surface area contributed by atoms with Crippen molar-refractivity contribution in [2.24, 2.45) is 7.05 Å². The van der Waals surface area contributed by atoms with Crippen molar-refractivity contribution in [1.29, 1.82) is 0 Å². The van der Waals surface area contributed by atoms with Crippen molar-refractivity contribution in [3.63, 3.8) is 0 Å². The van der Waals surface area contributed by atoms with Crippen LogP contribution in [0.25, 0.3) is 0 Å². The van der Waals surface area contributed by atoms with Gasteiger partial charge >= 0.3 is 5.97 Å². The minimum absolute atomic E-state index is 0.163. The SMILES string of the molecule is COC(=O)CCN(C)CCc1nccn1C. The Kier molecular flexibility index (Phi) is 4.98. The Balaban J connectivity index is 2.22. The van der Waals surface area contributed by atoms with E-state index in [-0.39, 0.29) is 5.97 Å². The molecule has 90 valence electrons. The van der Waals surface area contributed by atoms with Crippen LogP contribution in [-0.4, -0.2) is 47.7 Å². The smallest absolute Gasteiger partial charge is 0.306 e. The first-order valence-electron chi connectivity index (χ1n) is 5.35. The minimum atomic E-state index is -0.163. The summed E-state index contributed by atoms with van der Waals surface area (Å²) in [5, 5.41) is 0. The van der Waals surface area contributed by atoms with Crippen molar-refractivity contribution in [2.45, 2.75) is 12.8 Å². The second-order valence-corrected chi connectivity index (χ2v) is 3.83. The molecular formula is C11H19N3O2. The molecule has 5 nitrogen and oxygen atoms in total. The number of methoxy groups -OCH3 is 1. The number of hydrogen-bond acceptors (Lipinski definition) is 4. The molecule has 0 aliphatic heterocycles. The van der Waals surface area contributed by atoms with Crippen LogP contribution in [0.5, 0.6) is 0 Å². The molecule has 0 spiro atoms. The Morgan fingerprint density at radius 2 is 2.31 bits per heavy atom. The van der Waals surface area contributed by atoms with Gasteiger partial charge in [-0.1, -0.05) is 0 Å². The molecule has 0 aliphatic carbocycles. The highest BCUT2D eigenvalue weighted by Crippen LogP contribution is 1.98. The molecule has 16 heavy (non-hydrogen) atoms. The summed E-state index contributed by atoms with van der Waals surface area (Å²) in [7, 11) is 5.39. The van der Waals surface area contributed by atoms with E-state index in [0.29, 0.717) is 6.42 Å². The second-order valence-electron chi connectivity index (χ2n) is 3.83. The molecule has 0 radical (unpaired) electrons. The summed E-state index contributed by atoms with van der Waals surface area (Å²) in [6, 6.07) is 0. The van der Waals surface area contributed by atoms with E-state index in [0.717, 1.165) is 25.3 Å². The first-order chi connectivity index (χ1) is 7.63. The van der Waals surface area contributed by atoms with Gasteiger partial charge in [-0.05, 0) is 7.05 Å². The number of nitrogens with zero attached hydrogens (tertiary/aromatic N) is 3. The molecule has 5 heteroatoms. The topological polar surface area (TPSA) is 47.4 Å². The number of esters is 1. The zero-order chi connectivity index (χ0) is 12.0. The first kappa shape index (κ1) is 12.7. The van der Waals surface area contributed by atoms with Gasteiger partial charge in [-0.3, -0.25) is 4.79 Å². The highest BCUT2D eigenvalue weighted by molar-refractivity contribution is 5.69. The van der Waals surface area contributed by atoms with Crippen LogP contribution in [-0.2, 0) is 23.0 Å². The molecule has 0 aromatic carbocycles. The number of ether oxygens (including phenoxy) is 1. The molecule has 1 aromatic heterocycles. The van der Waals surface area contributed by atoms with Crippen molar-refractivity contribution in [1.82, 2.24) is 14.5 Å². The standard InChI is InChI=1S/C11H19N3O2/c1-13(8-5-11(15)16-3)7-4-10-12-6-9-14(10)2/h6,9H,4-5,7-8H2,1-3H3. The Morgan fingerprint density at radius 3 is 2.88 bits per heavy atom. The number of likely N-dealkylation sites (N-methyl/N-ethyl adjacent to an activating group) is 1. The quantitative estimate of drug-likeness (QED) is 0.660. The fraction of sp³-hybridized carbons (Fsp3) is 0.636. The number of carbonyl (C=O) groups is 1. The number of aromatic nitrogens is 2. The number of hydrogen-bond donors (Lipinski definition) is 0. The predicted molar refractivity (Wildman–Crippen MR) is 61.0 cm³/mol. The van der Waals surface area contributed by atoms with E-state index < -0.39 is 0 Å². The predicted octanol–water partition coefficient (Wildman–Crippen LogP) is 0.457. The minimum Gasteiger partial charge on any atom is -0.469 e. The summed E-state index contributed by atoms with van der Waals surface area (Å²) in [6.07, 6.45) is 5.06. The van der Waals surface area contributed by atoms with Crippen LogP contribution in [0, 0.1) is 0 Å². The van der Waals surface area contributed by atoms with Crippen LogP contribution in [0.2, 0.25) is 0 Å². The van der Waals surface area contributed by atoms with Gasteiger partial charge in [0.1, 0.15) is 5.82 Å². The molecule has 0 bridgehead atoms. The van der Waals surface area contributed by atoms with Crippen molar-refractivity contribution in [3.8, 4) is 0 Å². The van der Waals surface area contributed by atoms with Gasteiger partial charge in [0, 0.05) is 39.0 Å². The highest BCUT2D eigenvalue weighted by Gasteiger charge is 2.05. The van der Waals surface area contributed by atoms with Crippen LogP contribution in [0.1, 0.15) is 12.2 Å². The lowest BCUT2D eigenvalue weighted by molar-refractivity contribution is -0.140. The largest absolute Gasteiger partial charge is 0.469 e. The van der Waals surface area contributed by atoms with Crippen molar-refractivity contribution >= 4 is 5.97 Å². The number of carbonyl (C=O) groups excluding carboxylic acids is 1. The average molecular weight is 225 g/mol. The molecular weight excluding hydrogens is 206 g/mol. The Labute approximate surface area is 96.0 Å². The molecule has 1 rings (SSSR count). The summed E-state index contributed by atoms with van der Waals surface area (Å²) >= 11 is 0. The van der Waals surface area contributed by atoms with Gasteiger partial charge in [0.15, 0.2) is 0 Å². The van der Waals surface area contributed by atoms with Crippen LogP contribution >= 0.6 is 0 Å². The fourth-order valence-electron chi connectivity index (χ4n) is 1.42. The highest BCUT2D eigenvalue weighted by atomic mass is 16.5. The molecule has 1 heterocycles. The van der Waals surface area contributed by atoms with E-state index in [1.54, 1.807) is 6.20 Å². The number of imidazole rings is 1. The molecule has 1 aromatic rings. The summed E-state index contributed by atoms with van der Waals surface area (Å²) in [5.74, 6) is 0.897. The molecule has 0 saturated heterocycles. The van der Waals surface area contributed by atoms with Gasteiger partial charge in [0.2, 0.25) is 0 Å². The molecule has 0 saturated carbocycles. The third-order valence-electron chi connectivity index (χ3n) is 2.56. The second kappa shape index (κ2) is 6.27. The number of aryl methyl sites for hydroxylation is 1. The maximum absolute atomic E-state index is 10.9. The van der Waals surface area contributed by atoms with Crippen LogP contribution < -0.4 is 0 Å². The van der Waals surface area contributed by atoms with Gasteiger partial charge < -0.3 is 14.2 Å². The van der Waals surface area contributed by atoms with Crippen molar-refractivity contribution in [3.05, 3.63) is 18.2 Å². The van der Waals surface area contributed by atoms with Gasteiger partial charge in [0.25, 0.3) is 0 Å². The summed E-state index contributed by atoms with van der Waals surface area (Å²) < 4.78 is 6.60. The van der Waals surface area contributed by atoms with Gasteiger partial charge in [-0.2, -0.15) is 0 Å². The third-order valence-corrected chi connectivity index (χ3v) is 2.56. The Morgan fingerprint density at radius 1 is 1.56 bits per heavy atom. The van der Waals surface area contributed by atoms with Crippen molar-refractivity contribution < 1.29 is 9.53 Å². The molecule has 0 amide bonds. The zero-order valence-electron chi connectivity index (χ0n) is 10.1. The fourth-order valence-corrected chi connectivity index (χ4v) is 1.42. The molecule has 0 unspecified atom stereocenters. The summed E-state index contributed by atoms with van der Waals surface area (Å²) in [4.78, 5) is 17.3. The third kappa shape index (κ3) is 4.02. The van der Waals surface area contributed by atoms with Crippen LogP contribution in [0.15, 0.2) is 12.4 Å². The van der Waals surface area contributed by atoms with Crippen LogP contribution in [0.4, 0.5) is 0 Å². The molecule has 0 aliphatic rings. The van der Waals surface area contributed by atoms with E-state index in [1.165, 1.54) is 7.11 Å². The monoisotopic (exact) mass is 225 g/mol. The average Bonchev–Trinajstić information content (AvgIpc) is 2.69. The van der Waals surface area contributed by atoms with Crippen molar-refractivity contribution in [2.75, 3.05) is 27.2 Å². The zero-order valence-corrected chi connectivity index (χ0v) is 10.1. The molecule has 0 N–H and O–H groups in total. The Hall–Kier alpha value is -1.36. The van der Waals surface area contributed by atoms with Gasteiger partial charge in [-0.25, -0.2) is 4.98 Å². The van der Waals surface area contributed by atoms with Crippen LogP contribution in [0.3, 0.4) is 0 Å². The maximum atomic E-state index is 10.9. The lowest BCUT2D eigenvalue weighted by atomic mass is 10.3. The molecule has 0 atom stereocenters. The van der Waals surface area contributed by atoms with Gasteiger partial charge in [-0.15, -0.1) is 0 Å². The van der Waals surface area contributed by atoms with Gasteiger partial charge in [0.05, 0.1) is 13.5 Å².